The van der Waals surface area contributed by atoms with E-state index < -0.39 is 5.97 Å². The van der Waals surface area contributed by atoms with E-state index in [9.17, 15) is 4.79 Å². The summed E-state index contributed by atoms with van der Waals surface area (Å²) in [5.41, 5.74) is 0.794. The number of carboxylic acids is 1. The number of rotatable bonds is 4. The molecule has 104 valence electrons. The van der Waals surface area contributed by atoms with Crippen molar-refractivity contribution in [3.8, 4) is 0 Å². The quantitative estimate of drug-likeness (QED) is 0.587. The van der Waals surface area contributed by atoms with Crippen molar-refractivity contribution in [3.63, 3.8) is 0 Å². The third-order valence-electron chi connectivity index (χ3n) is 1.96. The van der Waals surface area contributed by atoms with E-state index in [0.717, 1.165) is 10.6 Å². The summed E-state index contributed by atoms with van der Waals surface area (Å²) in [6, 6.07) is 7.49. The summed E-state index contributed by atoms with van der Waals surface area (Å²) in [5, 5.41) is 15.4. The summed E-state index contributed by atoms with van der Waals surface area (Å²) in [5.74, 6) is -0.751. The number of carbonyl (C=O) groups is 1. The highest BCUT2D eigenvalue weighted by Crippen LogP contribution is 2.20. The lowest BCUT2D eigenvalue weighted by Gasteiger charge is -2.23. The highest BCUT2D eigenvalue weighted by molar-refractivity contribution is 8.00. The van der Waals surface area contributed by atoms with Gasteiger partial charge in [-0.3, -0.25) is 4.79 Å². The van der Waals surface area contributed by atoms with E-state index in [2.05, 4.69) is 10.6 Å². The van der Waals surface area contributed by atoms with Crippen LogP contribution < -0.4 is 10.6 Å². The van der Waals surface area contributed by atoms with Crippen molar-refractivity contribution in [1.29, 1.82) is 0 Å². The monoisotopic (exact) mass is 298 g/mol. The van der Waals surface area contributed by atoms with Crippen molar-refractivity contribution in [2.75, 3.05) is 11.1 Å². The fourth-order valence-corrected chi connectivity index (χ4v) is 2.33. The Labute approximate surface area is 123 Å². The lowest BCUT2D eigenvalue weighted by molar-refractivity contribution is -0.133. The summed E-state index contributed by atoms with van der Waals surface area (Å²) in [4.78, 5) is 11.4. The lowest BCUT2D eigenvalue weighted by atomic mass is 10.1. The molecule has 1 rings (SSSR count). The Morgan fingerprint density at radius 3 is 2.37 bits per heavy atom. The summed E-state index contributed by atoms with van der Waals surface area (Å²) >= 11 is 6.49. The van der Waals surface area contributed by atoms with E-state index in [4.69, 9.17) is 17.3 Å². The Morgan fingerprint density at radius 2 is 1.89 bits per heavy atom. The molecule has 0 spiro atoms. The molecule has 0 bridgehead atoms. The molecule has 0 unspecified atom stereocenters. The fraction of sp³-hybridized carbons (Fsp3) is 0.385. The minimum Gasteiger partial charge on any atom is -0.481 e. The smallest absolute Gasteiger partial charge is 0.313 e. The molecule has 19 heavy (non-hydrogen) atoms. The van der Waals surface area contributed by atoms with Gasteiger partial charge in [0.15, 0.2) is 5.11 Å². The third kappa shape index (κ3) is 7.03. The van der Waals surface area contributed by atoms with Gasteiger partial charge in [-0.1, -0.05) is 0 Å². The van der Waals surface area contributed by atoms with E-state index in [1.165, 1.54) is 11.8 Å². The molecule has 1 aromatic carbocycles. The van der Waals surface area contributed by atoms with Gasteiger partial charge >= 0.3 is 5.97 Å². The van der Waals surface area contributed by atoms with Crippen LogP contribution in [0.4, 0.5) is 5.69 Å². The van der Waals surface area contributed by atoms with Crippen molar-refractivity contribution in [2.45, 2.75) is 31.2 Å². The normalized spacial score (nSPS) is 10.9. The van der Waals surface area contributed by atoms with Gasteiger partial charge < -0.3 is 15.7 Å². The first-order valence-electron chi connectivity index (χ1n) is 5.80. The van der Waals surface area contributed by atoms with Crippen LogP contribution in [0, 0.1) is 0 Å². The van der Waals surface area contributed by atoms with Crippen LogP contribution in [0.3, 0.4) is 0 Å². The number of anilines is 1. The van der Waals surface area contributed by atoms with Gasteiger partial charge in [0.2, 0.25) is 0 Å². The summed E-state index contributed by atoms with van der Waals surface area (Å²) in [6.07, 6.45) is 0. The zero-order valence-corrected chi connectivity index (χ0v) is 12.8. The topological polar surface area (TPSA) is 61.4 Å². The van der Waals surface area contributed by atoms with Crippen LogP contribution >= 0.6 is 24.0 Å². The molecule has 0 aliphatic carbocycles. The summed E-state index contributed by atoms with van der Waals surface area (Å²) in [6.45, 7) is 6.10. The van der Waals surface area contributed by atoms with E-state index in [-0.39, 0.29) is 11.3 Å². The van der Waals surface area contributed by atoms with Crippen molar-refractivity contribution in [3.05, 3.63) is 24.3 Å². The third-order valence-corrected chi connectivity index (χ3v) is 3.16. The first kappa shape index (κ1) is 15.8. The van der Waals surface area contributed by atoms with E-state index in [0.29, 0.717) is 5.11 Å². The summed E-state index contributed by atoms with van der Waals surface area (Å²) in [7, 11) is 0. The number of hydrogen-bond acceptors (Lipinski definition) is 3. The number of aliphatic carboxylic acids is 1. The number of thiocarbonyl (C=S) groups is 1. The van der Waals surface area contributed by atoms with Crippen LogP contribution in [0.5, 0.6) is 0 Å². The molecule has 0 radical (unpaired) electrons. The highest BCUT2D eigenvalue weighted by Gasteiger charge is 2.10. The van der Waals surface area contributed by atoms with Crippen LogP contribution in [-0.4, -0.2) is 27.5 Å². The molecular weight excluding hydrogens is 280 g/mol. The Hall–Kier alpha value is -1.27. The van der Waals surface area contributed by atoms with E-state index in [1.54, 1.807) is 0 Å². The second-order valence-electron chi connectivity index (χ2n) is 5.04. The van der Waals surface area contributed by atoms with Crippen molar-refractivity contribution in [1.82, 2.24) is 5.32 Å². The van der Waals surface area contributed by atoms with Gasteiger partial charge in [0, 0.05) is 16.1 Å². The minimum absolute atomic E-state index is 0.0662. The molecule has 4 nitrogen and oxygen atoms in total. The van der Waals surface area contributed by atoms with Crippen molar-refractivity contribution < 1.29 is 9.90 Å². The van der Waals surface area contributed by atoms with Gasteiger partial charge in [0.1, 0.15) is 0 Å². The van der Waals surface area contributed by atoms with Crippen molar-refractivity contribution >= 4 is 40.7 Å². The predicted molar refractivity (Wildman–Crippen MR) is 83.9 cm³/mol. The number of nitrogens with one attached hydrogen (secondary N) is 2. The number of thioether (sulfide) groups is 1. The molecular formula is C13H18N2O2S2. The molecule has 0 aliphatic rings. The van der Waals surface area contributed by atoms with Crippen LogP contribution in [-0.2, 0) is 4.79 Å². The standard InChI is InChI=1S/C13H18N2O2S2/c1-13(2,3)15-12(18)14-9-4-6-10(7-5-9)19-8-11(16)17/h4-7H,8H2,1-3H3,(H,16,17)(H2,14,15,18). The van der Waals surface area contributed by atoms with Gasteiger partial charge in [-0.05, 0) is 57.3 Å². The Balaban J connectivity index is 2.52. The van der Waals surface area contributed by atoms with E-state index >= 15 is 0 Å². The molecule has 1 aromatic rings. The zero-order chi connectivity index (χ0) is 14.5. The average Bonchev–Trinajstić information content (AvgIpc) is 2.25. The van der Waals surface area contributed by atoms with Crippen molar-refractivity contribution in [2.24, 2.45) is 0 Å². The van der Waals surface area contributed by atoms with Crippen LogP contribution in [0.2, 0.25) is 0 Å². The van der Waals surface area contributed by atoms with Crippen LogP contribution in [0.15, 0.2) is 29.2 Å². The SMILES string of the molecule is CC(C)(C)NC(=S)Nc1ccc(SCC(=O)O)cc1. The van der Waals surface area contributed by atoms with Gasteiger partial charge in [0.25, 0.3) is 0 Å². The van der Waals surface area contributed by atoms with Crippen LogP contribution in [0.25, 0.3) is 0 Å². The first-order valence-corrected chi connectivity index (χ1v) is 7.19. The van der Waals surface area contributed by atoms with Crippen LogP contribution in [0.1, 0.15) is 20.8 Å². The van der Waals surface area contributed by atoms with Gasteiger partial charge in [-0.25, -0.2) is 0 Å². The maximum atomic E-state index is 10.5. The molecule has 3 N–H and O–H groups in total. The van der Waals surface area contributed by atoms with Gasteiger partial charge in [-0.15, -0.1) is 11.8 Å². The summed E-state index contributed by atoms with van der Waals surface area (Å²) < 4.78 is 0. The molecule has 0 fully saturated rings. The molecule has 0 saturated carbocycles. The van der Waals surface area contributed by atoms with Gasteiger partial charge in [0.05, 0.1) is 5.75 Å². The second-order valence-corrected chi connectivity index (χ2v) is 6.49. The first-order chi connectivity index (χ1) is 8.76. The fourth-order valence-electron chi connectivity index (χ4n) is 1.28. The molecule has 0 amide bonds. The molecule has 0 aliphatic heterocycles. The van der Waals surface area contributed by atoms with Gasteiger partial charge in [-0.2, -0.15) is 0 Å². The number of carboxylic acid groups (broad SMARTS) is 1. The largest absolute Gasteiger partial charge is 0.481 e. The second kappa shape index (κ2) is 6.77. The molecule has 0 heterocycles. The lowest BCUT2D eigenvalue weighted by Crippen LogP contribution is -2.42. The zero-order valence-electron chi connectivity index (χ0n) is 11.2. The molecule has 0 aromatic heterocycles. The Bertz CT molecular complexity index is 453. The number of hydrogen-bond donors (Lipinski definition) is 3. The maximum absolute atomic E-state index is 10.5. The predicted octanol–water partition coefficient (Wildman–Crippen LogP) is 2.95. The highest BCUT2D eigenvalue weighted by atomic mass is 32.2. The number of benzene rings is 1. The minimum atomic E-state index is -0.817. The Morgan fingerprint density at radius 1 is 1.32 bits per heavy atom. The molecule has 0 atom stereocenters. The average molecular weight is 298 g/mol. The molecule has 6 heteroatoms. The van der Waals surface area contributed by atoms with E-state index in [1.807, 2.05) is 45.0 Å². The molecule has 0 saturated heterocycles. The maximum Gasteiger partial charge on any atom is 0.313 e. The Kier molecular flexibility index (Phi) is 5.62.